The van der Waals surface area contributed by atoms with Crippen molar-refractivity contribution in [2.45, 2.75) is 31.0 Å². The molecule has 3 atom stereocenters. The maximum absolute atomic E-state index is 14.6. The highest BCUT2D eigenvalue weighted by molar-refractivity contribution is 5.95. The molecular formula is C18H14F5N7O2. The molecule has 5 heterocycles. The second kappa shape index (κ2) is 7.32. The van der Waals surface area contributed by atoms with Crippen molar-refractivity contribution in [3.8, 4) is 0 Å². The Morgan fingerprint density at radius 2 is 1.97 bits per heavy atom. The molecule has 2 aromatic rings. The fourth-order valence-corrected chi connectivity index (χ4v) is 4.02. The molecule has 1 saturated heterocycles. The zero-order valence-corrected chi connectivity index (χ0v) is 16.1. The standard InChI is InChI=1S/C18H14F5N7O2/c19-8-3-25-14(26-4-8)16-28-27-15-11-7-32-6-9(5-29(15)16)30(11)17(31)10-1-2-24-13(12(10)20)18(21,22)23/h1-4,9,11,14,25H,5-7H2/t9-,11-,14?/m1/s1. The minimum atomic E-state index is -5.04. The van der Waals surface area contributed by atoms with E-state index in [4.69, 9.17) is 4.74 Å². The van der Waals surface area contributed by atoms with Gasteiger partial charge in [0.1, 0.15) is 6.04 Å². The van der Waals surface area contributed by atoms with Crippen molar-refractivity contribution in [1.29, 1.82) is 0 Å². The van der Waals surface area contributed by atoms with Crippen LogP contribution in [-0.4, -0.2) is 56.0 Å². The summed E-state index contributed by atoms with van der Waals surface area (Å²) in [5.41, 5.74) is -2.50. The summed E-state index contributed by atoms with van der Waals surface area (Å²) in [6.07, 6.45) is -2.83. The molecule has 1 amide bonds. The van der Waals surface area contributed by atoms with E-state index in [2.05, 4.69) is 25.5 Å². The number of halogens is 5. The van der Waals surface area contributed by atoms with E-state index in [1.165, 1.54) is 4.90 Å². The molecule has 32 heavy (non-hydrogen) atoms. The molecule has 1 unspecified atom stereocenters. The maximum Gasteiger partial charge on any atom is 0.436 e. The van der Waals surface area contributed by atoms with Crippen LogP contribution >= 0.6 is 0 Å². The normalized spacial score (nSPS) is 24.6. The van der Waals surface area contributed by atoms with Crippen LogP contribution in [0.3, 0.4) is 0 Å². The van der Waals surface area contributed by atoms with Gasteiger partial charge in [0, 0.05) is 18.9 Å². The summed E-state index contributed by atoms with van der Waals surface area (Å²) < 4.78 is 74.2. The van der Waals surface area contributed by atoms with Gasteiger partial charge in [0.05, 0.1) is 31.0 Å². The van der Waals surface area contributed by atoms with Crippen LogP contribution in [0.4, 0.5) is 22.0 Å². The summed E-state index contributed by atoms with van der Waals surface area (Å²) in [5.74, 6) is -2.53. The molecule has 1 N–H and O–H groups in total. The lowest BCUT2D eigenvalue weighted by atomic mass is 10.0. The van der Waals surface area contributed by atoms with Crippen molar-refractivity contribution in [3.05, 3.63) is 53.0 Å². The third kappa shape index (κ3) is 3.21. The predicted octanol–water partition coefficient (Wildman–Crippen LogP) is 1.91. The third-order valence-corrected chi connectivity index (χ3v) is 5.41. The number of hydrogen-bond acceptors (Lipinski definition) is 7. The number of aromatic nitrogens is 4. The van der Waals surface area contributed by atoms with Gasteiger partial charge < -0.3 is 19.5 Å². The lowest BCUT2D eigenvalue weighted by molar-refractivity contribution is -0.143. The largest absolute Gasteiger partial charge is 0.436 e. The minimum absolute atomic E-state index is 0.00486. The van der Waals surface area contributed by atoms with Gasteiger partial charge in [-0.25, -0.2) is 13.8 Å². The molecule has 0 aliphatic carbocycles. The summed E-state index contributed by atoms with van der Waals surface area (Å²) in [7, 11) is 0. The molecule has 9 nitrogen and oxygen atoms in total. The summed E-state index contributed by atoms with van der Waals surface area (Å²) in [6, 6.07) is -0.515. The van der Waals surface area contributed by atoms with Gasteiger partial charge in [0.2, 0.25) is 0 Å². The Kier molecular flexibility index (Phi) is 4.69. The molecule has 0 radical (unpaired) electrons. The number of alkyl halides is 3. The van der Waals surface area contributed by atoms with Crippen molar-refractivity contribution in [2.24, 2.45) is 4.99 Å². The Morgan fingerprint density at radius 1 is 1.19 bits per heavy atom. The van der Waals surface area contributed by atoms with Crippen LogP contribution in [0, 0.1) is 5.82 Å². The Labute approximate surface area is 176 Å². The average molecular weight is 455 g/mol. The van der Waals surface area contributed by atoms with Crippen LogP contribution in [0.5, 0.6) is 0 Å². The molecule has 1 fully saturated rings. The van der Waals surface area contributed by atoms with Crippen molar-refractivity contribution in [1.82, 2.24) is 30.0 Å². The fraction of sp³-hybridized carbons (Fsp3) is 0.389. The van der Waals surface area contributed by atoms with E-state index in [9.17, 15) is 26.7 Å². The van der Waals surface area contributed by atoms with Crippen molar-refractivity contribution < 1.29 is 31.5 Å². The second-order valence-corrected chi connectivity index (χ2v) is 7.34. The van der Waals surface area contributed by atoms with Crippen LogP contribution in [-0.2, 0) is 17.5 Å². The number of carbonyl (C=O) groups is 1. The highest BCUT2D eigenvalue weighted by atomic mass is 19.4. The first-order chi connectivity index (χ1) is 15.3. The van der Waals surface area contributed by atoms with E-state index in [1.54, 1.807) is 4.57 Å². The van der Waals surface area contributed by atoms with Gasteiger partial charge in [-0.2, -0.15) is 13.2 Å². The Morgan fingerprint density at radius 3 is 2.69 bits per heavy atom. The number of rotatable bonds is 2. The lowest BCUT2D eigenvalue weighted by Gasteiger charge is -2.45. The molecule has 14 heteroatoms. The number of pyridine rings is 1. The van der Waals surface area contributed by atoms with Gasteiger partial charge in [0.15, 0.2) is 35.2 Å². The number of ether oxygens (including phenoxy) is 1. The Balaban J connectivity index is 1.50. The highest BCUT2D eigenvalue weighted by Gasteiger charge is 2.46. The van der Waals surface area contributed by atoms with Gasteiger partial charge in [-0.3, -0.25) is 9.79 Å². The Bertz CT molecular complexity index is 1150. The number of nitrogens with zero attached hydrogens (tertiary/aromatic N) is 6. The predicted molar refractivity (Wildman–Crippen MR) is 96.3 cm³/mol. The Hall–Kier alpha value is -3.42. The van der Waals surface area contributed by atoms with Crippen LogP contribution in [0.15, 0.2) is 29.3 Å². The van der Waals surface area contributed by atoms with E-state index in [-0.39, 0.29) is 19.8 Å². The van der Waals surface area contributed by atoms with Crippen LogP contribution in [0.1, 0.15) is 39.9 Å². The fourth-order valence-electron chi connectivity index (χ4n) is 4.02. The zero-order valence-electron chi connectivity index (χ0n) is 16.1. The molecule has 2 bridgehead atoms. The van der Waals surface area contributed by atoms with E-state index >= 15 is 0 Å². The third-order valence-electron chi connectivity index (χ3n) is 5.41. The zero-order chi connectivity index (χ0) is 22.6. The molecular weight excluding hydrogens is 441 g/mol. The topological polar surface area (TPSA) is 97.5 Å². The first-order valence-corrected chi connectivity index (χ1v) is 9.45. The number of morpholine rings is 1. The molecule has 0 aromatic carbocycles. The summed E-state index contributed by atoms with van der Waals surface area (Å²) in [6.45, 7) is 0.210. The number of amides is 1. The molecule has 5 rings (SSSR count). The van der Waals surface area contributed by atoms with Crippen molar-refractivity contribution >= 4 is 12.1 Å². The number of nitrogens with one attached hydrogen (secondary N) is 1. The molecule has 3 aliphatic rings. The van der Waals surface area contributed by atoms with E-state index in [1.807, 2.05) is 0 Å². The SMILES string of the molecule is O=C(c1ccnc(C(F)(F)F)c1F)N1[C@H]2COC[C@@H]1c1nnc(C3N=CC(F)=CN3)n1C2. The summed E-state index contributed by atoms with van der Waals surface area (Å²) in [4.78, 5) is 21.5. The number of allylic oxidation sites excluding steroid dienone is 1. The minimum Gasteiger partial charge on any atom is -0.377 e. The number of carbonyl (C=O) groups excluding carboxylic acids is 1. The van der Waals surface area contributed by atoms with E-state index < -0.39 is 53.2 Å². The average Bonchev–Trinajstić information content (AvgIpc) is 3.16. The van der Waals surface area contributed by atoms with Gasteiger partial charge in [0.25, 0.3) is 5.91 Å². The van der Waals surface area contributed by atoms with Crippen molar-refractivity contribution in [3.63, 3.8) is 0 Å². The molecule has 3 aliphatic heterocycles. The quantitative estimate of drug-likeness (QED) is 0.695. The number of hydrogen-bond donors (Lipinski definition) is 1. The molecule has 168 valence electrons. The monoisotopic (exact) mass is 455 g/mol. The van der Waals surface area contributed by atoms with E-state index in [0.29, 0.717) is 11.6 Å². The molecule has 2 aromatic heterocycles. The van der Waals surface area contributed by atoms with Gasteiger partial charge in [-0.1, -0.05) is 0 Å². The molecule has 0 saturated carbocycles. The maximum atomic E-state index is 14.6. The van der Waals surface area contributed by atoms with Crippen LogP contribution in [0.25, 0.3) is 0 Å². The second-order valence-electron chi connectivity index (χ2n) is 7.34. The van der Waals surface area contributed by atoms with Gasteiger partial charge in [-0.15, -0.1) is 10.2 Å². The van der Waals surface area contributed by atoms with Crippen molar-refractivity contribution in [2.75, 3.05) is 13.2 Å². The van der Waals surface area contributed by atoms with Crippen LogP contribution < -0.4 is 5.32 Å². The molecule has 0 spiro atoms. The first kappa shape index (κ1) is 20.5. The number of aliphatic imine (C=N–C) groups is 1. The highest BCUT2D eigenvalue weighted by Crippen LogP contribution is 2.37. The lowest BCUT2D eigenvalue weighted by Crippen LogP contribution is -2.56. The summed E-state index contributed by atoms with van der Waals surface area (Å²) >= 11 is 0. The van der Waals surface area contributed by atoms with Gasteiger partial charge >= 0.3 is 6.18 Å². The van der Waals surface area contributed by atoms with Gasteiger partial charge in [-0.05, 0) is 6.07 Å². The first-order valence-electron chi connectivity index (χ1n) is 9.45. The summed E-state index contributed by atoms with van der Waals surface area (Å²) in [5, 5.41) is 10.9. The smallest absolute Gasteiger partial charge is 0.377 e. The number of fused-ring (bicyclic) bond motifs is 4. The van der Waals surface area contributed by atoms with E-state index in [0.717, 1.165) is 24.7 Å². The van der Waals surface area contributed by atoms with Crippen LogP contribution in [0.2, 0.25) is 0 Å².